The number of esters is 1. The summed E-state index contributed by atoms with van der Waals surface area (Å²) in [5, 5.41) is 9.36. The number of ether oxygens (including phenoxy) is 1. The molecule has 1 atom stereocenters. The van der Waals surface area contributed by atoms with E-state index in [0.29, 0.717) is 18.1 Å². The minimum absolute atomic E-state index is 0.132. The SMILES string of the molecule is COC(=O)C[C@@H]1CCc2cc(O)ccc2C1. The summed E-state index contributed by atoms with van der Waals surface area (Å²) in [6.07, 6.45) is 3.33. The van der Waals surface area contributed by atoms with Crippen LogP contribution in [0.25, 0.3) is 0 Å². The third-order valence-corrected chi connectivity index (χ3v) is 3.20. The van der Waals surface area contributed by atoms with Crippen molar-refractivity contribution in [2.45, 2.75) is 25.7 Å². The van der Waals surface area contributed by atoms with Crippen LogP contribution in [0, 0.1) is 5.92 Å². The molecular weight excluding hydrogens is 204 g/mol. The van der Waals surface area contributed by atoms with Crippen molar-refractivity contribution >= 4 is 5.97 Å². The first kappa shape index (κ1) is 11.0. The van der Waals surface area contributed by atoms with E-state index < -0.39 is 0 Å². The largest absolute Gasteiger partial charge is 0.508 e. The molecule has 0 aromatic heterocycles. The number of carbonyl (C=O) groups is 1. The van der Waals surface area contributed by atoms with Gasteiger partial charge in [-0.3, -0.25) is 4.79 Å². The van der Waals surface area contributed by atoms with E-state index in [1.807, 2.05) is 12.1 Å². The topological polar surface area (TPSA) is 46.5 Å². The fourth-order valence-corrected chi connectivity index (χ4v) is 2.31. The Morgan fingerprint density at radius 3 is 3.06 bits per heavy atom. The van der Waals surface area contributed by atoms with Crippen LogP contribution in [0.1, 0.15) is 24.0 Å². The third-order valence-electron chi connectivity index (χ3n) is 3.20. The molecule has 0 saturated heterocycles. The maximum absolute atomic E-state index is 11.2. The molecule has 1 aliphatic carbocycles. The van der Waals surface area contributed by atoms with E-state index in [4.69, 9.17) is 0 Å². The molecule has 0 spiro atoms. The lowest BCUT2D eigenvalue weighted by atomic mass is 9.82. The first-order valence-corrected chi connectivity index (χ1v) is 5.56. The van der Waals surface area contributed by atoms with Gasteiger partial charge in [0.1, 0.15) is 5.75 Å². The molecule has 3 heteroatoms. The van der Waals surface area contributed by atoms with Gasteiger partial charge in [-0.1, -0.05) is 6.07 Å². The first-order valence-electron chi connectivity index (χ1n) is 5.56. The molecule has 1 N–H and O–H groups in total. The zero-order chi connectivity index (χ0) is 11.5. The molecule has 0 amide bonds. The quantitative estimate of drug-likeness (QED) is 0.776. The number of methoxy groups -OCH3 is 1. The number of rotatable bonds is 2. The second-order valence-electron chi connectivity index (χ2n) is 4.34. The Kier molecular flexibility index (Phi) is 3.13. The molecular formula is C13H16O3. The second kappa shape index (κ2) is 4.56. The summed E-state index contributed by atoms with van der Waals surface area (Å²) in [5.41, 5.74) is 2.46. The molecule has 0 unspecified atom stereocenters. The van der Waals surface area contributed by atoms with Crippen LogP contribution in [0.5, 0.6) is 5.75 Å². The third kappa shape index (κ3) is 2.35. The molecule has 0 heterocycles. The van der Waals surface area contributed by atoms with Crippen LogP contribution in [0.3, 0.4) is 0 Å². The molecule has 0 fully saturated rings. The Bertz CT molecular complexity index is 398. The lowest BCUT2D eigenvalue weighted by Crippen LogP contribution is -2.18. The molecule has 0 radical (unpaired) electrons. The van der Waals surface area contributed by atoms with Crippen molar-refractivity contribution in [2.24, 2.45) is 5.92 Å². The summed E-state index contributed by atoms with van der Waals surface area (Å²) in [4.78, 5) is 11.2. The second-order valence-corrected chi connectivity index (χ2v) is 4.34. The van der Waals surface area contributed by atoms with Gasteiger partial charge in [-0.25, -0.2) is 0 Å². The minimum Gasteiger partial charge on any atom is -0.508 e. The maximum Gasteiger partial charge on any atom is 0.305 e. The summed E-state index contributed by atoms with van der Waals surface area (Å²) in [6.45, 7) is 0. The number of fused-ring (bicyclic) bond motifs is 1. The Morgan fingerprint density at radius 1 is 1.50 bits per heavy atom. The van der Waals surface area contributed by atoms with Gasteiger partial charge in [0.15, 0.2) is 0 Å². The fraction of sp³-hybridized carbons (Fsp3) is 0.462. The van der Waals surface area contributed by atoms with Crippen LogP contribution in [-0.2, 0) is 22.4 Å². The fourth-order valence-electron chi connectivity index (χ4n) is 2.31. The van der Waals surface area contributed by atoms with Gasteiger partial charge in [0.25, 0.3) is 0 Å². The van der Waals surface area contributed by atoms with E-state index in [9.17, 15) is 9.90 Å². The Morgan fingerprint density at radius 2 is 2.31 bits per heavy atom. The summed E-state index contributed by atoms with van der Waals surface area (Å²) >= 11 is 0. The number of benzene rings is 1. The van der Waals surface area contributed by atoms with Crippen LogP contribution >= 0.6 is 0 Å². The van der Waals surface area contributed by atoms with E-state index in [-0.39, 0.29) is 5.97 Å². The van der Waals surface area contributed by atoms with Crippen molar-refractivity contribution in [1.82, 2.24) is 0 Å². The summed E-state index contributed by atoms with van der Waals surface area (Å²) in [7, 11) is 1.43. The normalized spacial score (nSPS) is 18.9. The predicted molar refractivity (Wildman–Crippen MR) is 60.3 cm³/mol. The highest BCUT2D eigenvalue weighted by Crippen LogP contribution is 2.29. The van der Waals surface area contributed by atoms with Crippen molar-refractivity contribution in [3.05, 3.63) is 29.3 Å². The number of phenolic OH excluding ortho intramolecular Hbond substituents is 1. The monoisotopic (exact) mass is 220 g/mol. The van der Waals surface area contributed by atoms with Crippen LogP contribution in [0.2, 0.25) is 0 Å². The van der Waals surface area contributed by atoms with E-state index in [0.717, 1.165) is 19.3 Å². The molecule has 2 rings (SSSR count). The number of hydrogen-bond donors (Lipinski definition) is 1. The Labute approximate surface area is 95.0 Å². The molecule has 0 saturated carbocycles. The van der Waals surface area contributed by atoms with Gasteiger partial charge >= 0.3 is 5.97 Å². The highest BCUT2D eigenvalue weighted by atomic mass is 16.5. The molecule has 0 aliphatic heterocycles. The zero-order valence-corrected chi connectivity index (χ0v) is 9.40. The van der Waals surface area contributed by atoms with Gasteiger partial charge in [0.05, 0.1) is 7.11 Å². The van der Waals surface area contributed by atoms with E-state index in [1.165, 1.54) is 18.2 Å². The van der Waals surface area contributed by atoms with Crippen molar-refractivity contribution in [3.8, 4) is 5.75 Å². The molecule has 86 valence electrons. The highest BCUT2D eigenvalue weighted by molar-refractivity contribution is 5.69. The Balaban J connectivity index is 2.06. The van der Waals surface area contributed by atoms with Gasteiger partial charge < -0.3 is 9.84 Å². The number of carbonyl (C=O) groups excluding carboxylic acids is 1. The van der Waals surface area contributed by atoms with Crippen LogP contribution < -0.4 is 0 Å². The van der Waals surface area contributed by atoms with Crippen molar-refractivity contribution in [1.29, 1.82) is 0 Å². The van der Waals surface area contributed by atoms with Crippen molar-refractivity contribution < 1.29 is 14.6 Å². The van der Waals surface area contributed by atoms with Crippen LogP contribution in [0.4, 0.5) is 0 Å². The molecule has 0 bridgehead atoms. The standard InChI is InChI=1S/C13H16O3/c1-16-13(15)7-9-2-3-11-8-12(14)5-4-10(11)6-9/h4-5,8-9,14H,2-3,6-7H2,1H3/t9-/m1/s1. The highest BCUT2D eigenvalue weighted by Gasteiger charge is 2.21. The smallest absolute Gasteiger partial charge is 0.305 e. The van der Waals surface area contributed by atoms with Gasteiger partial charge in [-0.2, -0.15) is 0 Å². The number of phenols is 1. The number of hydrogen-bond acceptors (Lipinski definition) is 3. The van der Waals surface area contributed by atoms with Crippen molar-refractivity contribution in [3.63, 3.8) is 0 Å². The van der Waals surface area contributed by atoms with E-state index in [2.05, 4.69) is 4.74 Å². The number of aryl methyl sites for hydroxylation is 1. The average molecular weight is 220 g/mol. The van der Waals surface area contributed by atoms with Crippen LogP contribution in [-0.4, -0.2) is 18.2 Å². The molecule has 16 heavy (non-hydrogen) atoms. The van der Waals surface area contributed by atoms with Gasteiger partial charge in [-0.05, 0) is 48.4 Å². The van der Waals surface area contributed by atoms with E-state index >= 15 is 0 Å². The predicted octanol–water partition coefficient (Wildman–Crippen LogP) is 2.06. The van der Waals surface area contributed by atoms with Gasteiger partial charge in [-0.15, -0.1) is 0 Å². The average Bonchev–Trinajstić information content (AvgIpc) is 2.29. The van der Waals surface area contributed by atoms with Gasteiger partial charge in [0.2, 0.25) is 0 Å². The molecule has 1 aromatic carbocycles. The van der Waals surface area contributed by atoms with Gasteiger partial charge in [0, 0.05) is 6.42 Å². The number of aromatic hydroxyl groups is 1. The van der Waals surface area contributed by atoms with Crippen molar-refractivity contribution in [2.75, 3.05) is 7.11 Å². The zero-order valence-electron chi connectivity index (χ0n) is 9.40. The van der Waals surface area contributed by atoms with E-state index in [1.54, 1.807) is 6.07 Å². The maximum atomic E-state index is 11.2. The first-order chi connectivity index (χ1) is 7.69. The molecule has 1 aromatic rings. The van der Waals surface area contributed by atoms with Crippen LogP contribution in [0.15, 0.2) is 18.2 Å². The molecule has 3 nitrogen and oxygen atoms in total. The minimum atomic E-state index is -0.132. The lowest BCUT2D eigenvalue weighted by molar-refractivity contribution is -0.141. The lowest BCUT2D eigenvalue weighted by Gasteiger charge is -2.23. The summed E-state index contributed by atoms with van der Waals surface area (Å²) in [6, 6.07) is 5.48. The molecule has 1 aliphatic rings. The summed E-state index contributed by atoms with van der Waals surface area (Å²) < 4.78 is 4.68. The summed E-state index contributed by atoms with van der Waals surface area (Å²) in [5.74, 6) is 0.571. The Hall–Kier alpha value is -1.51.